The summed E-state index contributed by atoms with van der Waals surface area (Å²) in [7, 11) is 0. The molecule has 0 unspecified atom stereocenters. The van der Waals surface area contributed by atoms with Crippen molar-refractivity contribution in [2.75, 3.05) is 5.32 Å². The summed E-state index contributed by atoms with van der Waals surface area (Å²) in [5.74, 6) is -0.139. The first kappa shape index (κ1) is 18.2. The highest BCUT2D eigenvalue weighted by Gasteiger charge is 2.10. The van der Waals surface area contributed by atoms with E-state index in [2.05, 4.69) is 15.3 Å². The number of amides is 1. The van der Waals surface area contributed by atoms with Crippen molar-refractivity contribution >= 4 is 22.8 Å². The molecule has 1 amide bonds. The van der Waals surface area contributed by atoms with E-state index in [1.54, 1.807) is 30.3 Å². The van der Waals surface area contributed by atoms with Crippen LogP contribution in [0.4, 0.5) is 5.82 Å². The number of primary amides is 1. The van der Waals surface area contributed by atoms with Gasteiger partial charge in [0, 0.05) is 18.3 Å². The highest BCUT2D eigenvalue weighted by atomic mass is 16.5. The van der Waals surface area contributed by atoms with E-state index in [9.17, 15) is 14.8 Å². The zero-order valence-corrected chi connectivity index (χ0v) is 15.2. The van der Waals surface area contributed by atoms with E-state index in [0.29, 0.717) is 28.0 Å². The number of aromatic nitrogens is 3. The molecule has 0 bridgehead atoms. The summed E-state index contributed by atoms with van der Waals surface area (Å²) in [6, 6.07) is 18.3. The summed E-state index contributed by atoms with van der Waals surface area (Å²) < 4.78 is 0.423. The van der Waals surface area contributed by atoms with E-state index in [4.69, 9.17) is 5.73 Å². The molecule has 4 N–H and O–H groups in total. The molecule has 0 aliphatic heterocycles. The van der Waals surface area contributed by atoms with Gasteiger partial charge in [-0.15, -0.1) is 4.73 Å². The average Bonchev–Trinajstić information content (AvgIpc) is 2.75. The number of carbonyl (C=O) groups is 1. The molecule has 8 nitrogen and oxygen atoms in total. The quantitative estimate of drug-likeness (QED) is 0.452. The minimum atomic E-state index is -0.810. The highest BCUT2D eigenvalue weighted by molar-refractivity contribution is 5.94. The van der Waals surface area contributed by atoms with Gasteiger partial charge in [0.15, 0.2) is 5.65 Å². The van der Waals surface area contributed by atoms with Crippen LogP contribution in [-0.2, 0) is 6.54 Å². The molecule has 29 heavy (non-hydrogen) atoms. The monoisotopic (exact) mass is 387 g/mol. The summed E-state index contributed by atoms with van der Waals surface area (Å²) in [6.45, 7) is 0.398. The molecule has 0 atom stereocenters. The molecule has 0 spiro atoms. The van der Waals surface area contributed by atoms with Gasteiger partial charge in [-0.25, -0.2) is 9.78 Å². The summed E-state index contributed by atoms with van der Waals surface area (Å²) in [5.41, 5.74) is 7.88. The fourth-order valence-electron chi connectivity index (χ4n) is 3.08. The van der Waals surface area contributed by atoms with Gasteiger partial charge < -0.3 is 16.3 Å². The number of nitrogens with two attached hydrogens (primary N) is 1. The lowest BCUT2D eigenvalue weighted by molar-refractivity contribution is 0.100. The van der Waals surface area contributed by atoms with Crippen LogP contribution in [0.25, 0.3) is 22.2 Å². The molecule has 0 saturated carbocycles. The Balaban J connectivity index is 1.62. The number of anilines is 1. The van der Waals surface area contributed by atoms with Crippen molar-refractivity contribution in [2.24, 2.45) is 5.73 Å². The van der Waals surface area contributed by atoms with Crippen LogP contribution in [0.2, 0.25) is 0 Å². The Kier molecular flexibility index (Phi) is 4.66. The van der Waals surface area contributed by atoms with Crippen molar-refractivity contribution in [3.05, 3.63) is 88.5 Å². The Morgan fingerprint density at radius 2 is 1.83 bits per heavy atom. The van der Waals surface area contributed by atoms with Gasteiger partial charge in [-0.3, -0.25) is 4.79 Å². The molecule has 8 heteroatoms. The van der Waals surface area contributed by atoms with E-state index in [1.807, 2.05) is 30.3 Å². The third-order valence-corrected chi connectivity index (χ3v) is 4.50. The molecule has 144 valence electrons. The molecule has 0 aliphatic carbocycles. The second-order valence-corrected chi connectivity index (χ2v) is 6.43. The molecule has 2 aromatic heterocycles. The van der Waals surface area contributed by atoms with Crippen LogP contribution in [0.3, 0.4) is 0 Å². The van der Waals surface area contributed by atoms with Crippen LogP contribution in [-0.4, -0.2) is 25.8 Å². The van der Waals surface area contributed by atoms with Crippen LogP contribution in [0.1, 0.15) is 15.9 Å². The van der Waals surface area contributed by atoms with Crippen LogP contribution in [0.15, 0.2) is 71.7 Å². The predicted molar refractivity (Wildman–Crippen MR) is 109 cm³/mol. The zero-order chi connectivity index (χ0) is 20.4. The minimum absolute atomic E-state index is 0.131. The van der Waals surface area contributed by atoms with Crippen LogP contribution < -0.4 is 16.7 Å². The molecule has 2 aromatic carbocycles. The van der Waals surface area contributed by atoms with Gasteiger partial charge in [-0.2, -0.15) is 4.98 Å². The second-order valence-electron chi connectivity index (χ2n) is 6.43. The van der Waals surface area contributed by atoms with E-state index in [0.717, 1.165) is 16.7 Å². The number of rotatable bonds is 5. The van der Waals surface area contributed by atoms with Gasteiger partial charge in [0.25, 0.3) is 0 Å². The molecular weight excluding hydrogens is 370 g/mol. The standard InChI is InChI=1S/C21H17N5O3/c22-18(27)16-7-2-6-15(11-16)14-5-1-4-13(10-14)12-24-19-17-8-3-9-23-20(17)26(29)21(28)25-19/h1-11,29H,12H2,(H2,22,27)(H,24,25,28). The number of pyridine rings is 1. The fourth-order valence-corrected chi connectivity index (χ4v) is 3.08. The van der Waals surface area contributed by atoms with E-state index in [1.165, 1.54) is 6.20 Å². The molecule has 0 aliphatic rings. The number of nitrogens with zero attached hydrogens (tertiary/aromatic N) is 3. The van der Waals surface area contributed by atoms with Crippen LogP contribution in [0, 0.1) is 0 Å². The lowest BCUT2D eigenvalue weighted by Crippen LogP contribution is -2.23. The molecule has 0 saturated heterocycles. The first-order chi connectivity index (χ1) is 14.0. The third kappa shape index (κ3) is 3.63. The second kappa shape index (κ2) is 7.43. The average molecular weight is 387 g/mol. The van der Waals surface area contributed by atoms with Gasteiger partial charge in [0.1, 0.15) is 5.82 Å². The summed E-state index contributed by atoms with van der Waals surface area (Å²) in [5, 5.41) is 13.5. The van der Waals surface area contributed by atoms with Crippen molar-refractivity contribution in [3.8, 4) is 11.1 Å². The van der Waals surface area contributed by atoms with Gasteiger partial charge >= 0.3 is 5.69 Å². The lowest BCUT2D eigenvalue weighted by Gasteiger charge is -2.11. The SMILES string of the molecule is NC(=O)c1cccc(-c2cccc(CNc3nc(=O)n(O)c4ncccc34)c2)c1. The number of fused-ring (bicyclic) bond motifs is 1. The molecule has 2 heterocycles. The molecule has 0 radical (unpaired) electrons. The maximum Gasteiger partial charge on any atom is 0.384 e. The van der Waals surface area contributed by atoms with Crippen LogP contribution >= 0.6 is 0 Å². The Bertz CT molecular complexity index is 1280. The maximum absolute atomic E-state index is 11.9. The summed E-state index contributed by atoms with van der Waals surface area (Å²) in [4.78, 5) is 31.2. The van der Waals surface area contributed by atoms with Crippen molar-refractivity contribution in [1.29, 1.82) is 0 Å². The van der Waals surface area contributed by atoms with Crippen molar-refractivity contribution < 1.29 is 10.0 Å². The number of benzene rings is 2. The number of hydrogen-bond acceptors (Lipinski definition) is 6. The van der Waals surface area contributed by atoms with E-state index < -0.39 is 11.6 Å². The Morgan fingerprint density at radius 3 is 2.62 bits per heavy atom. The Morgan fingerprint density at radius 1 is 1.07 bits per heavy atom. The number of hydrogen-bond donors (Lipinski definition) is 3. The molecular formula is C21H17N5O3. The van der Waals surface area contributed by atoms with Crippen LogP contribution in [0.5, 0.6) is 0 Å². The van der Waals surface area contributed by atoms with E-state index >= 15 is 0 Å². The number of carbonyl (C=O) groups excluding carboxylic acids is 1. The lowest BCUT2D eigenvalue weighted by atomic mass is 10.0. The normalized spacial score (nSPS) is 10.8. The largest absolute Gasteiger partial charge is 0.422 e. The topological polar surface area (TPSA) is 123 Å². The fraction of sp³-hybridized carbons (Fsp3) is 0.0476. The van der Waals surface area contributed by atoms with Gasteiger partial charge in [0.05, 0.1) is 5.39 Å². The summed E-state index contributed by atoms with van der Waals surface area (Å²) in [6.07, 6.45) is 1.49. The third-order valence-electron chi connectivity index (χ3n) is 4.50. The first-order valence-electron chi connectivity index (χ1n) is 8.83. The smallest absolute Gasteiger partial charge is 0.384 e. The molecule has 4 aromatic rings. The van der Waals surface area contributed by atoms with Gasteiger partial charge in [0.2, 0.25) is 5.91 Å². The minimum Gasteiger partial charge on any atom is -0.422 e. The maximum atomic E-state index is 11.9. The van der Waals surface area contributed by atoms with Crippen molar-refractivity contribution in [3.63, 3.8) is 0 Å². The first-order valence-corrected chi connectivity index (χ1v) is 8.83. The predicted octanol–water partition coefficient (Wildman–Crippen LogP) is 2.41. The zero-order valence-electron chi connectivity index (χ0n) is 15.2. The Hall–Kier alpha value is -4.20. The Labute approximate surface area is 165 Å². The highest BCUT2D eigenvalue weighted by Crippen LogP contribution is 2.23. The van der Waals surface area contributed by atoms with Gasteiger partial charge in [-0.1, -0.05) is 30.3 Å². The molecule has 4 rings (SSSR count). The van der Waals surface area contributed by atoms with Crippen molar-refractivity contribution in [2.45, 2.75) is 6.54 Å². The van der Waals surface area contributed by atoms with Crippen molar-refractivity contribution in [1.82, 2.24) is 14.7 Å². The number of nitrogens with one attached hydrogen (secondary N) is 1. The van der Waals surface area contributed by atoms with E-state index in [-0.39, 0.29) is 5.65 Å². The van der Waals surface area contributed by atoms with Gasteiger partial charge in [-0.05, 0) is 47.0 Å². The molecule has 0 fully saturated rings. The summed E-state index contributed by atoms with van der Waals surface area (Å²) >= 11 is 0.